The van der Waals surface area contributed by atoms with Gasteiger partial charge < -0.3 is 9.88 Å². The molecule has 0 aliphatic heterocycles. The number of hydrogen-bond donors (Lipinski definition) is 1. The van der Waals surface area contributed by atoms with Crippen LogP contribution in [0.5, 0.6) is 0 Å². The number of aromatic nitrogens is 4. The summed E-state index contributed by atoms with van der Waals surface area (Å²) < 4.78 is 4.09. The molecular formula is C13H19N5. The van der Waals surface area contributed by atoms with Crippen molar-refractivity contribution in [1.82, 2.24) is 19.3 Å². The molecule has 2 aromatic heterocycles. The molecule has 0 bridgehead atoms. The highest BCUT2D eigenvalue weighted by atomic mass is 15.3. The van der Waals surface area contributed by atoms with E-state index >= 15 is 0 Å². The molecule has 1 N–H and O–H groups in total. The van der Waals surface area contributed by atoms with Gasteiger partial charge in [-0.1, -0.05) is 12.8 Å². The molecule has 0 unspecified atom stereocenters. The Hall–Kier alpha value is -1.78. The van der Waals surface area contributed by atoms with Crippen molar-refractivity contribution < 1.29 is 0 Å². The molecule has 0 spiro atoms. The first kappa shape index (κ1) is 11.3. The van der Waals surface area contributed by atoms with Gasteiger partial charge in [-0.2, -0.15) is 5.10 Å². The highest BCUT2D eigenvalue weighted by molar-refractivity contribution is 5.28. The Kier molecular flexibility index (Phi) is 3.04. The van der Waals surface area contributed by atoms with Crippen molar-refractivity contribution in [2.45, 2.75) is 38.3 Å². The first-order valence-electron chi connectivity index (χ1n) is 6.58. The normalized spacial score (nSPS) is 16.3. The first-order valence-corrected chi connectivity index (χ1v) is 6.58. The molecule has 3 rings (SSSR count). The number of rotatable bonds is 4. The number of nitrogens with one attached hydrogen (secondary N) is 1. The van der Waals surface area contributed by atoms with Crippen LogP contribution in [-0.2, 0) is 13.6 Å². The third-order valence-corrected chi connectivity index (χ3v) is 3.58. The summed E-state index contributed by atoms with van der Waals surface area (Å²) in [6, 6.07) is 2.65. The van der Waals surface area contributed by atoms with E-state index < -0.39 is 0 Å². The van der Waals surface area contributed by atoms with Gasteiger partial charge in [-0.25, -0.2) is 4.98 Å². The third-order valence-electron chi connectivity index (χ3n) is 3.58. The molecule has 0 amide bonds. The van der Waals surface area contributed by atoms with Crippen molar-refractivity contribution in [2.24, 2.45) is 7.05 Å². The van der Waals surface area contributed by atoms with Crippen molar-refractivity contribution in [3.63, 3.8) is 0 Å². The number of anilines is 1. The molecule has 0 saturated heterocycles. The Morgan fingerprint density at radius 1 is 1.33 bits per heavy atom. The molecule has 0 atom stereocenters. The van der Waals surface area contributed by atoms with E-state index in [4.69, 9.17) is 0 Å². The Labute approximate surface area is 107 Å². The van der Waals surface area contributed by atoms with Gasteiger partial charge in [0.2, 0.25) is 5.95 Å². The van der Waals surface area contributed by atoms with E-state index in [0.717, 1.165) is 18.2 Å². The van der Waals surface area contributed by atoms with Gasteiger partial charge in [0.25, 0.3) is 0 Å². The molecule has 5 heteroatoms. The van der Waals surface area contributed by atoms with Gasteiger partial charge in [0, 0.05) is 31.7 Å². The average molecular weight is 245 g/mol. The number of hydrogen-bond acceptors (Lipinski definition) is 3. The second-order valence-electron chi connectivity index (χ2n) is 4.93. The molecule has 96 valence electrons. The summed E-state index contributed by atoms with van der Waals surface area (Å²) in [5.41, 5.74) is 1.04. The lowest BCUT2D eigenvalue weighted by Gasteiger charge is -2.15. The molecule has 1 fully saturated rings. The summed E-state index contributed by atoms with van der Waals surface area (Å²) in [5.74, 6) is 0.965. The first-order chi connectivity index (χ1) is 8.83. The molecule has 1 aliphatic carbocycles. The lowest BCUT2D eigenvalue weighted by Crippen LogP contribution is -2.11. The van der Waals surface area contributed by atoms with Crippen LogP contribution in [0.15, 0.2) is 24.7 Å². The van der Waals surface area contributed by atoms with Crippen LogP contribution in [0.25, 0.3) is 0 Å². The lowest BCUT2D eigenvalue weighted by molar-refractivity contribution is 0.522. The van der Waals surface area contributed by atoms with Crippen molar-refractivity contribution in [2.75, 3.05) is 5.32 Å². The fraction of sp³-hybridized carbons (Fsp3) is 0.538. The standard InChI is InChI=1S/C13H19N5/c1-17-8-6-11(16-17)10-15-13-14-7-9-18(13)12-4-2-3-5-12/h6-9,12H,2-5,10H2,1H3,(H,14,15). The quantitative estimate of drug-likeness (QED) is 0.899. The van der Waals surface area contributed by atoms with Crippen LogP contribution in [0.2, 0.25) is 0 Å². The van der Waals surface area contributed by atoms with Crippen molar-refractivity contribution in [3.05, 3.63) is 30.4 Å². The maximum atomic E-state index is 4.40. The second-order valence-corrected chi connectivity index (χ2v) is 4.93. The van der Waals surface area contributed by atoms with E-state index in [2.05, 4.69) is 26.2 Å². The SMILES string of the molecule is Cn1ccc(CNc2nccn2C2CCCC2)n1. The zero-order valence-electron chi connectivity index (χ0n) is 10.7. The number of imidazole rings is 1. The van der Waals surface area contributed by atoms with Gasteiger partial charge >= 0.3 is 0 Å². The maximum absolute atomic E-state index is 4.40. The van der Waals surface area contributed by atoms with Gasteiger partial charge in [-0.05, 0) is 18.9 Å². The van der Waals surface area contributed by atoms with E-state index in [0.29, 0.717) is 6.04 Å². The summed E-state index contributed by atoms with van der Waals surface area (Å²) in [6.45, 7) is 0.727. The minimum Gasteiger partial charge on any atom is -0.350 e. The van der Waals surface area contributed by atoms with Crippen LogP contribution in [0, 0.1) is 0 Å². The van der Waals surface area contributed by atoms with Crippen LogP contribution >= 0.6 is 0 Å². The lowest BCUT2D eigenvalue weighted by atomic mass is 10.2. The summed E-state index contributed by atoms with van der Waals surface area (Å²) in [4.78, 5) is 4.40. The molecule has 2 heterocycles. The number of aryl methyl sites for hydroxylation is 1. The Morgan fingerprint density at radius 2 is 2.17 bits per heavy atom. The Morgan fingerprint density at radius 3 is 2.89 bits per heavy atom. The Balaban J connectivity index is 1.67. The van der Waals surface area contributed by atoms with Gasteiger partial charge in [0.05, 0.1) is 12.2 Å². The molecule has 0 radical (unpaired) electrons. The third kappa shape index (κ3) is 2.25. The van der Waals surface area contributed by atoms with E-state index in [1.165, 1.54) is 25.7 Å². The highest BCUT2D eigenvalue weighted by Crippen LogP contribution is 2.31. The smallest absolute Gasteiger partial charge is 0.203 e. The summed E-state index contributed by atoms with van der Waals surface area (Å²) >= 11 is 0. The predicted octanol–water partition coefficient (Wildman–Crippen LogP) is 2.34. The molecule has 5 nitrogen and oxygen atoms in total. The maximum Gasteiger partial charge on any atom is 0.203 e. The van der Waals surface area contributed by atoms with Gasteiger partial charge in [0.15, 0.2) is 0 Å². The minimum atomic E-state index is 0.624. The molecule has 0 aromatic carbocycles. The van der Waals surface area contributed by atoms with Crippen LogP contribution in [0.1, 0.15) is 37.4 Å². The fourth-order valence-electron chi connectivity index (χ4n) is 2.65. The largest absolute Gasteiger partial charge is 0.350 e. The van der Waals surface area contributed by atoms with Crippen LogP contribution < -0.4 is 5.32 Å². The Bertz CT molecular complexity index is 507. The zero-order valence-corrected chi connectivity index (χ0v) is 10.7. The zero-order chi connectivity index (χ0) is 12.4. The van der Waals surface area contributed by atoms with E-state index in [9.17, 15) is 0 Å². The second kappa shape index (κ2) is 4.84. The minimum absolute atomic E-state index is 0.624. The summed E-state index contributed by atoms with van der Waals surface area (Å²) in [5, 5.41) is 7.73. The monoisotopic (exact) mass is 245 g/mol. The van der Waals surface area contributed by atoms with Gasteiger partial charge in [-0.15, -0.1) is 0 Å². The topological polar surface area (TPSA) is 47.7 Å². The van der Waals surface area contributed by atoms with E-state index in [1.54, 1.807) is 0 Å². The van der Waals surface area contributed by atoms with Gasteiger partial charge in [0.1, 0.15) is 0 Å². The summed E-state index contributed by atoms with van der Waals surface area (Å²) in [7, 11) is 1.93. The molecule has 1 aliphatic rings. The highest BCUT2D eigenvalue weighted by Gasteiger charge is 2.18. The summed E-state index contributed by atoms with van der Waals surface area (Å²) in [6.07, 6.45) is 11.1. The average Bonchev–Trinajstić information content (AvgIpc) is 3.07. The van der Waals surface area contributed by atoms with E-state index in [1.807, 2.05) is 30.2 Å². The van der Waals surface area contributed by atoms with Crippen molar-refractivity contribution >= 4 is 5.95 Å². The molecule has 18 heavy (non-hydrogen) atoms. The van der Waals surface area contributed by atoms with Gasteiger partial charge in [-0.3, -0.25) is 4.68 Å². The van der Waals surface area contributed by atoms with Crippen molar-refractivity contribution in [1.29, 1.82) is 0 Å². The van der Waals surface area contributed by atoms with Crippen LogP contribution in [0.4, 0.5) is 5.95 Å². The fourth-order valence-corrected chi connectivity index (χ4v) is 2.65. The molecular weight excluding hydrogens is 226 g/mol. The molecule has 2 aromatic rings. The number of nitrogens with zero attached hydrogens (tertiary/aromatic N) is 4. The predicted molar refractivity (Wildman–Crippen MR) is 70.3 cm³/mol. The molecule has 1 saturated carbocycles. The van der Waals surface area contributed by atoms with E-state index in [-0.39, 0.29) is 0 Å². The van der Waals surface area contributed by atoms with Crippen LogP contribution in [0.3, 0.4) is 0 Å². The van der Waals surface area contributed by atoms with Crippen LogP contribution in [-0.4, -0.2) is 19.3 Å². The van der Waals surface area contributed by atoms with Crippen molar-refractivity contribution in [3.8, 4) is 0 Å².